The van der Waals surface area contributed by atoms with Crippen LogP contribution in [0.3, 0.4) is 0 Å². The molecule has 0 radical (unpaired) electrons. The van der Waals surface area contributed by atoms with Gasteiger partial charge in [-0.1, -0.05) is 12.1 Å². The average Bonchev–Trinajstić information content (AvgIpc) is 2.27. The molecule has 0 heterocycles. The quantitative estimate of drug-likeness (QED) is 0.793. The van der Waals surface area contributed by atoms with Gasteiger partial charge in [-0.2, -0.15) is 0 Å². The molecule has 0 aliphatic heterocycles. The molecule has 1 aromatic rings. The molecule has 0 saturated carbocycles. The number of nitrogens with two attached hydrogens (primary N) is 1. The van der Waals surface area contributed by atoms with Gasteiger partial charge in [0.2, 0.25) is 0 Å². The lowest BCUT2D eigenvalue weighted by atomic mass is 10.0. The van der Waals surface area contributed by atoms with Gasteiger partial charge in [0, 0.05) is 18.2 Å². The Labute approximate surface area is 97.0 Å². The first-order valence-electron chi connectivity index (χ1n) is 5.76. The third-order valence-corrected chi connectivity index (χ3v) is 2.41. The minimum atomic E-state index is -0.00912. The zero-order valence-corrected chi connectivity index (χ0v) is 9.99. The fourth-order valence-electron chi connectivity index (χ4n) is 1.53. The Balaban J connectivity index is 2.67. The fourth-order valence-corrected chi connectivity index (χ4v) is 1.53. The van der Waals surface area contributed by atoms with Crippen molar-refractivity contribution in [2.75, 3.05) is 6.54 Å². The molecule has 3 N–H and O–H groups in total. The van der Waals surface area contributed by atoms with Crippen LogP contribution in [0.1, 0.15) is 36.2 Å². The van der Waals surface area contributed by atoms with Gasteiger partial charge < -0.3 is 11.1 Å². The summed E-state index contributed by atoms with van der Waals surface area (Å²) in [6.45, 7) is 4.56. The zero-order chi connectivity index (χ0) is 12.0. The molecule has 3 heteroatoms. The van der Waals surface area contributed by atoms with Crippen molar-refractivity contribution in [2.24, 2.45) is 5.73 Å². The first-order chi connectivity index (χ1) is 7.63. The van der Waals surface area contributed by atoms with E-state index in [-0.39, 0.29) is 11.9 Å². The highest BCUT2D eigenvalue weighted by atomic mass is 16.1. The molecule has 0 bridgehead atoms. The highest BCUT2D eigenvalue weighted by Gasteiger charge is 2.04. The largest absolute Gasteiger partial charge is 0.352 e. The van der Waals surface area contributed by atoms with Crippen LogP contribution in [0.15, 0.2) is 24.3 Å². The van der Waals surface area contributed by atoms with Crippen molar-refractivity contribution in [2.45, 2.75) is 32.7 Å². The van der Waals surface area contributed by atoms with Crippen molar-refractivity contribution in [3.63, 3.8) is 0 Å². The highest BCUT2D eigenvalue weighted by Crippen LogP contribution is 2.08. The summed E-state index contributed by atoms with van der Waals surface area (Å²) in [5, 5.41) is 2.79. The van der Waals surface area contributed by atoms with Crippen molar-refractivity contribution in [1.82, 2.24) is 5.32 Å². The third kappa shape index (κ3) is 4.03. The van der Waals surface area contributed by atoms with E-state index in [2.05, 4.69) is 5.32 Å². The van der Waals surface area contributed by atoms with Crippen LogP contribution in [-0.4, -0.2) is 18.5 Å². The van der Waals surface area contributed by atoms with E-state index in [0.717, 1.165) is 18.4 Å². The molecule has 1 unspecified atom stereocenters. The van der Waals surface area contributed by atoms with Gasteiger partial charge in [0.05, 0.1) is 0 Å². The molecule has 0 fully saturated rings. The maximum Gasteiger partial charge on any atom is 0.251 e. The molecule has 1 rings (SSSR count). The van der Waals surface area contributed by atoms with Gasteiger partial charge >= 0.3 is 0 Å². The highest BCUT2D eigenvalue weighted by molar-refractivity contribution is 5.94. The van der Waals surface area contributed by atoms with Crippen LogP contribution in [0.25, 0.3) is 0 Å². The molecule has 1 aromatic carbocycles. The molecular formula is C13H20N2O. The summed E-state index contributed by atoms with van der Waals surface area (Å²) in [5.74, 6) is -0.00912. The molecule has 1 amide bonds. The summed E-state index contributed by atoms with van der Waals surface area (Å²) in [6.07, 6.45) is 1.86. The molecule has 0 aromatic heterocycles. The lowest BCUT2D eigenvalue weighted by Gasteiger charge is -2.07. The minimum Gasteiger partial charge on any atom is -0.352 e. The Hall–Kier alpha value is -1.35. The van der Waals surface area contributed by atoms with Crippen molar-refractivity contribution in [1.29, 1.82) is 0 Å². The first-order valence-corrected chi connectivity index (χ1v) is 5.76. The smallest absolute Gasteiger partial charge is 0.251 e. The van der Waals surface area contributed by atoms with Crippen LogP contribution in [0.4, 0.5) is 0 Å². The second-order valence-corrected chi connectivity index (χ2v) is 4.08. The second-order valence-electron chi connectivity index (χ2n) is 4.08. The van der Waals surface area contributed by atoms with E-state index >= 15 is 0 Å². The normalized spacial score (nSPS) is 12.2. The molecule has 0 saturated heterocycles. The molecule has 16 heavy (non-hydrogen) atoms. The molecule has 0 aliphatic rings. The molecule has 1 atom stereocenters. The second kappa shape index (κ2) is 6.28. The first kappa shape index (κ1) is 12.7. The standard InChI is InChI=1S/C13H20N2O/c1-3-15-13(16)12-6-4-5-11(9-12)8-7-10(2)14/h4-6,9-10H,3,7-8,14H2,1-2H3,(H,15,16). The van der Waals surface area contributed by atoms with Crippen molar-refractivity contribution in [3.8, 4) is 0 Å². The number of carbonyl (C=O) groups is 1. The summed E-state index contributed by atoms with van der Waals surface area (Å²) >= 11 is 0. The van der Waals surface area contributed by atoms with Crippen LogP contribution < -0.4 is 11.1 Å². The Morgan fingerprint density at radius 2 is 2.25 bits per heavy atom. The van der Waals surface area contributed by atoms with Crippen LogP contribution >= 0.6 is 0 Å². The zero-order valence-electron chi connectivity index (χ0n) is 9.99. The third-order valence-electron chi connectivity index (χ3n) is 2.41. The monoisotopic (exact) mass is 220 g/mol. The van der Waals surface area contributed by atoms with E-state index in [1.54, 1.807) is 0 Å². The van der Waals surface area contributed by atoms with Crippen LogP contribution in [0.2, 0.25) is 0 Å². The van der Waals surface area contributed by atoms with Crippen molar-refractivity contribution >= 4 is 5.91 Å². The van der Waals surface area contributed by atoms with Gasteiger partial charge in [-0.05, 0) is 44.4 Å². The topological polar surface area (TPSA) is 55.1 Å². The van der Waals surface area contributed by atoms with E-state index in [1.165, 1.54) is 5.56 Å². The Bertz CT molecular complexity index is 348. The number of hydrogen-bond donors (Lipinski definition) is 2. The van der Waals surface area contributed by atoms with E-state index in [4.69, 9.17) is 5.73 Å². The van der Waals surface area contributed by atoms with E-state index in [1.807, 2.05) is 38.1 Å². The van der Waals surface area contributed by atoms with Gasteiger partial charge in [0.25, 0.3) is 5.91 Å². The van der Waals surface area contributed by atoms with Gasteiger partial charge in [0.15, 0.2) is 0 Å². The maximum atomic E-state index is 11.6. The predicted molar refractivity (Wildman–Crippen MR) is 66.4 cm³/mol. The number of carbonyl (C=O) groups excluding carboxylic acids is 1. The van der Waals surface area contributed by atoms with Crippen molar-refractivity contribution in [3.05, 3.63) is 35.4 Å². The van der Waals surface area contributed by atoms with Gasteiger partial charge in [0.1, 0.15) is 0 Å². The molecule has 88 valence electrons. The Morgan fingerprint density at radius 1 is 1.50 bits per heavy atom. The minimum absolute atomic E-state index is 0.00912. The fraction of sp³-hybridized carbons (Fsp3) is 0.462. The van der Waals surface area contributed by atoms with Crippen LogP contribution in [-0.2, 0) is 6.42 Å². The molecule has 0 spiro atoms. The molecule has 3 nitrogen and oxygen atoms in total. The Morgan fingerprint density at radius 3 is 2.88 bits per heavy atom. The predicted octanol–water partition coefficient (Wildman–Crippen LogP) is 1.72. The number of aryl methyl sites for hydroxylation is 1. The average molecular weight is 220 g/mol. The van der Waals surface area contributed by atoms with Gasteiger partial charge in [-0.15, -0.1) is 0 Å². The summed E-state index contributed by atoms with van der Waals surface area (Å²) in [5.41, 5.74) is 7.60. The summed E-state index contributed by atoms with van der Waals surface area (Å²) in [4.78, 5) is 11.6. The van der Waals surface area contributed by atoms with Gasteiger partial charge in [-0.25, -0.2) is 0 Å². The van der Waals surface area contributed by atoms with E-state index in [0.29, 0.717) is 6.54 Å². The van der Waals surface area contributed by atoms with E-state index < -0.39 is 0 Å². The van der Waals surface area contributed by atoms with Crippen LogP contribution in [0, 0.1) is 0 Å². The summed E-state index contributed by atoms with van der Waals surface area (Å²) < 4.78 is 0. The molecular weight excluding hydrogens is 200 g/mol. The number of nitrogens with one attached hydrogen (secondary N) is 1. The lowest BCUT2D eigenvalue weighted by molar-refractivity contribution is 0.0955. The summed E-state index contributed by atoms with van der Waals surface area (Å²) in [7, 11) is 0. The lowest BCUT2D eigenvalue weighted by Crippen LogP contribution is -2.22. The SMILES string of the molecule is CCNC(=O)c1cccc(CCC(C)N)c1. The van der Waals surface area contributed by atoms with Crippen molar-refractivity contribution < 1.29 is 4.79 Å². The number of rotatable bonds is 5. The summed E-state index contributed by atoms with van der Waals surface area (Å²) in [6, 6.07) is 7.92. The number of hydrogen-bond acceptors (Lipinski definition) is 2. The van der Waals surface area contributed by atoms with Gasteiger partial charge in [-0.3, -0.25) is 4.79 Å². The Kier molecular flexibility index (Phi) is 4.99. The van der Waals surface area contributed by atoms with E-state index in [9.17, 15) is 4.79 Å². The number of amides is 1. The maximum absolute atomic E-state index is 11.6. The number of benzene rings is 1. The molecule has 0 aliphatic carbocycles. The van der Waals surface area contributed by atoms with Crippen LogP contribution in [0.5, 0.6) is 0 Å².